The molecular weight excluding hydrogens is 406 g/mol. The van der Waals surface area contributed by atoms with Crippen LogP contribution in [-0.2, 0) is 19.1 Å². The molecule has 1 N–H and O–H groups in total. The van der Waals surface area contributed by atoms with Crippen molar-refractivity contribution in [1.29, 1.82) is 0 Å². The fraction of sp³-hybridized carbons (Fsp3) is 0.846. The first-order valence-electron chi connectivity index (χ1n) is 12.6. The van der Waals surface area contributed by atoms with Gasteiger partial charge in [-0.3, -0.25) is 14.5 Å². The maximum absolute atomic E-state index is 12.3. The van der Waals surface area contributed by atoms with Gasteiger partial charge in [0.25, 0.3) is 0 Å². The molecule has 1 heterocycles. The van der Waals surface area contributed by atoms with Crippen molar-refractivity contribution in [2.24, 2.45) is 39.9 Å². The van der Waals surface area contributed by atoms with Crippen LogP contribution in [-0.4, -0.2) is 59.4 Å². The van der Waals surface area contributed by atoms with E-state index >= 15 is 0 Å². The molecule has 32 heavy (non-hydrogen) atoms. The number of likely N-dealkylation sites (tertiary alicyclic amines) is 1. The van der Waals surface area contributed by atoms with E-state index in [-0.39, 0.29) is 58.3 Å². The number of ether oxygens (including phenoxy) is 2. The van der Waals surface area contributed by atoms with Gasteiger partial charge in [-0.2, -0.15) is 0 Å². The van der Waals surface area contributed by atoms with E-state index in [0.717, 1.165) is 50.8 Å². The topological polar surface area (TPSA) is 76.1 Å². The first-order chi connectivity index (χ1) is 15.1. The lowest BCUT2D eigenvalue weighted by atomic mass is 9.43. The van der Waals surface area contributed by atoms with Gasteiger partial charge in [-0.15, -0.1) is 0 Å². The molecule has 6 nitrogen and oxygen atoms in total. The number of hydrogen-bond donors (Lipinski definition) is 1. The smallest absolute Gasteiger partial charge is 0.303 e. The summed E-state index contributed by atoms with van der Waals surface area (Å²) in [5.41, 5.74) is 0.687. The van der Waals surface area contributed by atoms with Crippen LogP contribution in [0.4, 0.5) is 0 Å². The van der Waals surface area contributed by atoms with Crippen molar-refractivity contribution >= 4 is 11.9 Å². The third-order valence-corrected chi connectivity index (χ3v) is 11.1. The SMILES string of the molecule is C=C1[C@@H](OC(C)=O)[C@]23C[C@@H]1[C@@H](OC(C)=O)C[C@H]2[C@@]12C4[C@@H]3C[C@@H]1[C@@](C)(CC[C@@H]2O)CN4CC. The lowest BCUT2D eigenvalue weighted by molar-refractivity contribution is -0.222. The number of carbonyl (C=O) groups is 2. The van der Waals surface area contributed by atoms with Crippen LogP contribution >= 0.6 is 0 Å². The highest BCUT2D eigenvalue weighted by Gasteiger charge is 2.85. The molecule has 6 fully saturated rings. The lowest BCUT2D eigenvalue weighted by Crippen LogP contribution is -2.68. The van der Waals surface area contributed by atoms with E-state index in [9.17, 15) is 14.7 Å². The summed E-state index contributed by atoms with van der Waals surface area (Å²) < 4.78 is 12.0. The minimum Gasteiger partial charge on any atom is -0.462 e. The number of aliphatic hydroxyl groups is 1. The molecule has 0 aromatic rings. The third kappa shape index (κ3) is 2.15. The third-order valence-electron chi connectivity index (χ3n) is 11.1. The normalized spacial score (nSPS) is 55.0. The zero-order valence-corrected chi connectivity index (χ0v) is 19.8. The fourth-order valence-corrected chi connectivity index (χ4v) is 10.6. The largest absolute Gasteiger partial charge is 0.462 e. The van der Waals surface area contributed by atoms with Crippen LogP contribution in [0.1, 0.15) is 59.8 Å². The Balaban J connectivity index is 1.56. The van der Waals surface area contributed by atoms with E-state index < -0.39 is 0 Å². The molecule has 176 valence electrons. The monoisotopic (exact) mass is 443 g/mol. The van der Waals surface area contributed by atoms with Crippen LogP contribution in [0.25, 0.3) is 0 Å². The summed E-state index contributed by atoms with van der Waals surface area (Å²) in [5.74, 6) is 0.487. The van der Waals surface area contributed by atoms with Crippen LogP contribution in [0, 0.1) is 39.9 Å². The average molecular weight is 444 g/mol. The van der Waals surface area contributed by atoms with Gasteiger partial charge in [-0.25, -0.2) is 0 Å². The molecule has 6 rings (SSSR count). The van der Waals surface area contributed by atoms with Gasteiger partial charge in [-0.05, 0) is 67.4 Å². The highest BCUT2D eigenvalue weighted by molar-refractivity contribution is 5.67. The Morgan fingerprint density at radius 1 is 1.19 bits per heavy atom. The van der Waals surface area contributed by atoms with Gasteiger partial charge < -0.3 is 14.6 Å². The van der Waals surface area contributed by atoms with E-state index in [1.807, 2.05) is 0 Å². The average Bonchev–Trinajstić information content (AvgIpc) is 3.25. The molecule has 1 unspecified atom stereocenters. The Bertz CT molecular complexity index is 903. The quantitative estimate of drug-likeness (QED) is 0.534. The molecule has 0 aromatic heterocycles. The number of carbonyl (C=O) groups excluding carboxylic acids is 2. The summed E-state index contributed by atoms with van der Waals surface area (Å²) in [5, 5.41) is 11.8. The number of aliphatic hydroxyl groups excluding tert-OH is 1. The predicted octanol–water partition coefficient (Wildman–Crippen LogP) is 2.93. The van der Waals surface area contributed by atoms with Crippen molar-refractivity contribution in [1.82, 2.24) is 4.90 Å². The Hall–Kier alpha value is -1.40. The van der Waals surface area contributed by atoms with Crippen LogP contribution in [0.3, 0.4) is 0 Å². The molecule has 1 aliphatic heterocycles. The second kappa shape index (κ2) is 6.38. The zero-order chi connectivity index (χ0) is 22.8. The van der Waals surface area contributed by atoms with Crippen molar-refractivity contribution in [2.75, 3.05) is 13.1 Å². The Morgan fingerprint density at radius 2 is 1.91 bits per heavy atom. The van der Waals surface area contributed by atoms with Crippen LogP contribution < -0.4 is 0 Å². The number of fused-ring (bicyclic) bond motifs is 1. The first-order valence-corrected chi connectivity index (χ1v) is 12.6. The number of esters is 2. The minimum atomic E-state index is -0.365. The summed E-state index contributed by atoms with van der Waals surface area (Å²) in [7, 11) is 0. The predicted molar refractivity (Wildman–Crippen MR) is 117 cm³/mol. The molecule has 6 heteroatoms. The number of nitrogens with zero attached hydrogens (tertiary/aromatic N) is 1. The molecule has 6 aliphatic rings. The van der Waals surface area contributed by atoms with E-state index in [2.05, 4.69) is 25.3 Å². The van der Waals surface area contributed by atoms with Gasteiger partial charge >= 0.3 is 11.9 Å². The molecule has 7 bridgehead atoms. The van der Waals surface area contributed by atoms with Crippen molar-refractivity contribution < 1.29 is 24.2 Å². The first kappa shape index (κ1) is 21.2. The second-order valence-electron chi connectivity index (χ2n) is 12.0. The van der Waals surface area contributed by atoms with Gasteiger partial charge in [0.2, 0.25) is 0 Å². The highest BCUT2D eigenvalue weighted by atomic mass is 16.6. The van der Waals surface area contributed by atoms with Gasteiger partial charge in [0, 0.05) is 43.2 Å². The molecular formula is C26H37NO5. The van der Waals surface area contributed by atoms with Crippen molar-refractivity contribution in [2.45, 2.75) is 84.2 Å². The minimum absolute atomic E-state index is 0.0253. The highest BCUT2D eigenvalue weighted by Crippen LogP contribution is 2.83. The summed E-state index contributed by atoms with van der Waals surface area (Å²) in [4.78, 5) is 26.9. The number of rotatable bonds is 3. The Kier molecular flexibility index (Phi) is 4.22. The zero-order valence-electron chi connectivity index (χ0n) is 19.8. The van der Waals surface area contributed by atoms with Crippen LogP contribution in [0.2, 0.25) is 0 Å². The van der Waals surface area contributed by atoms with Crippen molar-refractivity contribution in [3.8, 4) is 0 Å². The number of hydrogen-bond acceptors (Lipinski definition) is 6. The maximum atomic E-state index is 12.3. The molecule has 1 saturated heterocycles. The van der Waals surface area contributed by atoms with E-state index in [4.69, 9.17) is 9.47 Å². The van der Waals surface area contributed by atoms with Gasteiger partial charge in [0.05, 0.1) is 6.10 Å². The summed E-state index contributed by atoms with van der Waals surface area (Å²) >= 11 is 0. The maximum Gasteiger partial charge on any atom is 0.303 e. The van der Waals surface area contributed by atoms with Gasteiger partial charge in [-0.1, -0.05) is 20.4 Å². The summed E-state index contributed by atoms with van der Waals surface area (Å²) in [6.07, 6.45) is 3.63. The molecule has 5 saturated carbocycles. The fourth-order valence-electron chi connectivity index (χ4n) is 10.6. The van der Waals surface area contributed by atoms with Crippen molar-refractivity contribution in [3.63, 3.8) is 0 Å². The molecule has 0 aromatic carbocycles. The standard InChI is InChI=1S/C26H37NO5/c1-6-27-12-24(5)8-7-21(30)26-19(24)9-17(22(26)27)25-11-16(13(2)23(25)32-15(4)29)18(10-20(25)26)31-14(3)28/h16-23,30H,2,6-12H2,1,3-5H3/t16-,17-,18-,19+,20+,21-,22?,23+,24-,25-,26-/m0/s1. The summed E-state index contributed by atoms with van der Waals surface area (Å²) in [6.45, 7) is 14.1. The van der Waals surface area contributed by atoms with Gasteiger partial charge in [0.15, 0.2) is 0 Å². The van der Waals surface area contributed by atoms with Crippen molar-refractivity contribution in [3.05, 3.63) is 12.2 Å². The van der Waals surface area contributed by atoms with E-state index in [0.29, 0.717) is 17.9 Å². The van der Waals surface area contributed by atoms with Gasteiger partial charge in [0.1, 0.15) is 12.2 Å². The summed E-state index contributed by atoms with van der Waals surface area (Å²) in [6, 6.07) is 0.298. The molecule has 0 amide bonds. The molecule has 5 aliphatic carbocycles. The molecule has 11 atom stereocenters. The van der Waals surface area contributed by atoms with E-state index in [1.165, 1.54) is 13.8 Å². The molecule has 0 radical (unpaired) electrons. The molecule has 2 spiro atoms. The lowest BCUT2D eigenvalue weighted by Gasteiger charge is -2.65. The van der Waals surface area contributed by atoms with E-state index in [1.54, 1.807) is 0 Å². The Labute approximate surface area is 190 Å². The number of piperidine rings is 1. The Morgan fingerprint density at radius 3 is 2.56 bits per heavy atom. The van der Waals surface area contributed by atoms with Crippen LogP contribution in [0.15, 0.2) is 12.2 Å². The van der Waals surface area contributed by atoms with Crippen LogP contribution in [0.5, 0.6) is 0 Å². The second-order valence-corrected chi connectivity index (χ2v) is 12.0.